The van der Waals surface area contributed by atoms with Crippen LogP contribution in [-0.4, -0.2) is 31.0 Å². The van der Waals surface area contributed by atoms with Crippen LogP contribution in [0, 0.1) is 10.1 Å². The van der Waals surface area contributed by atoms with Gasteiger partial charge in [0.2, 0.25) is 15.9 Å². The fourth-order valence-electron chi connectivity index (χ4n) is 2.07. The van der Waals surface area contributed by atoms with E-state index in [0.29, 0.717) is 4.47 Å². The van der Waals surface area contributed by atoms with E-state index in [1.165, 1.54) is 12.1 Å². The third-order valence-electron chi connectivity index (χ3n) is 3.03. The molecule has 1 amide bonds. The molecule has 0 spiro atoms. The fourth-order valence-corrected chi connectivity index (χ4v) is 3.70. The minimum Gasteiger partial charge on any atom is -0.304 e. The van der Waals surface area contributed by atoms with E-state index in [1.54, 1.807) is 0 Å². The van der Waals surface area contributed by atoms with Crippen LogP contribution in [-0.2, 0) is 14.8 Å². The first kappa shape index (κ1) is 16.1. The zero-order valence-corrected chi connectivity index (χ0v) is 13.5. The van der Waals surface area contributed by atoms with Gasteiger partial charge >= 0.3 is 0 Å². The summed E-state index contributed by atoms with van der Waals surface area (Å²) >= 11 is 9.05. The van der Waals surface area contributed by atoms with Crippen molar-refractivity contribution in [3.8, 4) is 0 Å². The van der Waals surface area contributed by atoms with Crippen molar-refractivity contribution in [1.82, 2.24) is 0 Å². The Balaban J connectivity index is 2.53. The van der Waals surface area contributed by atoms with Crippen LogP contribution in [0.4, 0.5) is 11.4 Å². The van der Waals surface area contributed by atoms with Gasteiger partial charge in [0, 0.05) is 23.5 Å². The highest BCUT2D eigenvalue weighted by molar-refractivity contribution is 9.10. The van der Waals surface area contributed by atoms with Crippen molar-refractivity contribution in [3.05, 3.63) is 31.7 Å². The van der Waals surface area contributed by atoms with Gasteiger partial charge in [-0.1, -0.05) is 27.5 Å². The van der Waals surface area contributed by atoms with E-state index in [0.717, 1.165) is 4.90 Å². The van der Waals surface area contributed by atoms with Crippen LogP contribution in [0.15, 0.2) is 16.6 Å². The molecule has 1 atom stereocenters. The zero-order chi connectivity index (χ0) is 15.9. The van der Waals surface area contributed by atoms with Gasteiger partial charge in [0.05, 0.1) is 9.95 Å². The van der Waals surface area contributed by atoms with Crippen molar-refractivity contribution in [3.63, 3.8) is 0 Å². The number of primary sulfonamides is 1. The first-order valence-electron chi connectivity index (χ1n) is 5.56. The molecule has 1 aliphatic rings. The number of sulfonamides is 1. The van der Waals surface area contributed by atoms with Gasteiger partial charge in [-0.15, -0.1) is 0 Å². The predicted molar refractivity (Wildman–Crippen MR) is 79.7 cm³/mol. The Hall–Kier alpha value is -1.23. The Kier molecular flexibility index (Phi) is 4.24. The lowest BCUT2D eigenvalue weighted by atomic mass is 10.2. The average Bonchev–Trinajstić information content (AvgIpc) is 2.70. The number of benzene rings is 1. The number of nitro benzene ring substituents is 1. The number of carbonyl (C=O) groups excluding carboxylic acids is 1. The molecule has 21 heavy (non-hydrogen) atoms. The Labute approximate surface area is 133 Å². The highest BCUT2D eigenvalue weighted by Gasteiger charge is 2.40. The summed E-state index contributed by atoms with van der Waals surface area (Å²) in [5.74, 6) is -0.582. The fraction of sp³-hybridized carbons (Fsp3) is 0.300. The Bertz CT molecular complexity index is 738. The standard InChI is InChI=1S/C10H9BrClN3O5S/c11-5-1-7(12)10(8(2-5)15(17)18)14-4-6(3-9(14)16)21(13,19)20/h1-2,6H,3-4H2,(H2,13,19,20). The van der Waals surface area contributed by atoms with Crippen LogP contribution in [0.25, 0.3) is 0 Å². The zero-order valence-electron chi connectivity index (χ0n) is 10.3. The van der Waals surface area contributed by atoms with Gasteiger partial charge in [0.25, 0.3) is 5.69 Å². The first-order valence-corrected chi connectivity index (χ1v) is 8.34. The van der Waals surface area contributed by atoms with Crippen molar-refractivity contribution in [2.75, 3.05) is 11.4 Å². The van der Waals surface area contributed by atoms with Crippen molar-refractivity contribution in [2.24, 2.45) is 5.14 Å². The molecule has 1 saturated heterocycles. The van der Waals surface area contributed by atoms with E-state index in [-0.39, 0.29) is 23.7 Å². The Morgan fingerprint density at radius 1 is 1.48 bits per heavy atom. The van der Waals surface area contributed by atoms with E-state index in [1.807, 2.05) is 0 Å². The van der Waals surface area contributed by atoms with E-state index in [9.17, 15) is 23.3 Å². The number of anilines is 1. The molecule has 0 aromatic heterocycles. The summed E-state index contributed by atoms with van der Waals surface area (Å²) in [7, 11) is -3.92. The molecule has 1 unspecified atom stereocenters. The smallest absolute Gasteiger partial charge is 0.295 e. The third-order valence-corrected chi connectivity index (χ3v) is 5.02. The SMILES string of the molecule is NS(=O)(=O)C1CC(=O)N(c2c(Cl)cc(Br)cc2[N+](=O)[O-])C1. The number of hydrogen-bond acceptors (Lipinski definition) is 5. The number of nitrogens with two attached hydrogens (primary N) is 1. The minimum atomic E-state index is -3.92. The molecule has 2 N–H and O–H groups in total. The molecule has 0 radical (unpaired) electrons. The monoisotopic (exact) mass is 397 g/mol. The molecule has 1 aromatic carbocycles. The maximum absolute atomic E-state index is 12.0. The summed E-state index contributed by atoms with van der Waals surface area (Å²) in [6, 6.07) is 2.58. The number of carbonyl (C=O) groups is 1. The molecule has 11 heteroatoms. The second-order valence-corrected chi connectivity index (χ2v) is 7.60. The molecule has 0 saturated carbocycles. The molecular formula is C10H9BrClN3O5S. The van der Waals surface area contributed by atoms with Gasteiger partial charge in [0.15, 0.2) is 0 Å². The maximum atomic E-state index is 12.0. The second-order valence-electron chi connectivity index (χ2n) is 4.43. The number of hydrogen-bond donors (Lipinski definition) is 1. The lowest BCUT2D eigenvalue weighted by Gasteiger charge is -2.18. The maximum Gasteiger partial charge on any atom is 0.295 e. The molecular weight excluding hydrogens is 390 g/mol. The second kappa shape index (κ2) is 5.52. The quantitative estimate of drug-likeness (QED) is 0.609. The topological polar surface area (TPSA) is 124 Å². The molecule has 1 aliphatic heterocycles. The van der Waals surface area contributed by atoms with Crippen molar-refractivity contribution in [2.45, 2.75) is 11.7 Å². The summed E-state index contributed by atoms with van der Waals surface area (Å²) in [4.78, 5) is 23.4. The van der Waals surface area contributed by atoms with E-state index in [2.05, 4.69) is 15.9 Å². The van der Waals surface area contributed by atoms with Crippen LogP contribution in [0.3, 0.4) is 0 Å². The van der Waals surface area contributed by atoms with Crippen molar-refractivity contribution < 1.29 is 18.1 Å². The lowest BCUT2D eigenvalue weighted by Crippen LogP contribution is -2.32. The third kappa shape index (κ3) is 3.18. The molecule has 2 rings (SSSR count). The van der Waals surface area contributed by atoms with Crippen LogP contribution >= 0.6 is 27.5 Å². The van der Waals surface area contributed by atoms with E-state index >= 15 is 0 Å². The molecule has 0 bridgehead atoms. The molecule has 1 aromatic rings. The van der Waals surface area contributed by atoms with E-state index < -0.39 is 31.8 Å². The summed E-state index contributed by atoms with van der Waals surface area (Å²) in [5.41, 5.74) is -0.515. The summed E-state index contributed by atoms with van der Waals surface area (Å²) < 4.78 is 23.0. The van der Waals surface area contributed by atoms with Crippen LogP contribution in [0.1, 0.15) is 6.42 Å². The molecule has 1 fully saturated rings. The molecule has 114 valence electrons. The van der Waals surface area contributed by atoms with Crippen LogP contribution in [0.5, 0.6) is 0 Å². The molecule has 8 nitrogen and oxygen atoms in total. The van der Waals surface area contributed by atoms with Gasteiger partial charge in [-0.05, 0) is 6.07 Å². The van der Waals surface area contributed by atoms with Crippen molar-refractivity contribution >= 4 is 54.8 Å². The summed E-state index contributed by atoms with van der Waals surface area (Å²) in [6.45, 7) is -0.264. The number of rotatable bonds is 3. The predicted octanol–water partition coefficient (Wildman–Crippen LogP) is 1.40. The number of nitrogens with zero attached hydrogens (tertiary/aromatic N) is 2. The highest BCUT2D eigenvalue weighted by Crippen LogP contribution is 2.40. The van der Waals surface area contributed by atoms with Crippen molar-refractivity contribution in [1.29, 1.82) is 0 Å². The van der Waals surface area contributed by atoms with Crippen LogP contribution < -0.4 is 10.0 Å². The normalized spacial score (nSPS) is 19.1. The lowest BCUT2D eigenvalue weighted by molar-refractivity contribution is -0.384. The summed E-state index contributed by atoms with van der Waals surface area (Å²) in [5, 5.41) is 15.0. The molecule has 1 heterocycles. The Morgan fingerprint density at radius 3 is 2.57 bits per heavy atom. The highest BCUT2D eigenvalue weighted by atomic mass is 79.9. The number of amides is 1. The van der Waals surface area contributed by atoms with Gasteiger partial charge in [-0.3, -0.25) is 14.9 Å². The van der Waals surface area contributed by atoms with Gasteiger partial charge in [0.1, 0.15) is 10.9 Å². The van der Waals surface area contributed by atoms with Gasteiger partial charge in [-0.2, -0.15) is 0 Å². The molecule has 0 aliphatic carbocycles. The van der Waals surface area contributed by atoms with Gasteiger partial charge < -0.3 is 4.90 Å². The number of halogens is 2. The van der Waals surface area contributed by atoms with Gasteiger partial charge in [-0.25, -0.2) is 13.6 Å². The minimum absolute atomic E-state index is 0.0282. The summed E-state index contributed by atoms with van der Waals surface area (Å²) in [6.07, 6.45) is -0.331. The Morgan fingerprint density at radius 2 is 2.10 bits per heavy atom. The number of nitro groups is 1. The largest absolute Gasteiger partial charge is 0.304 e. The average molecular weight is 399 g/mol. The van der Waals surface area contributed by atoms with E-state index in [4.69, 9.17) is 16.7 Å². The first-order chi connectivity index (χ1) is 9.61. The van der Waals surface area contributed by atoms with Crippen LogP contribution in [0.2, 0.25) is 5.02 Å².